The number of nitrogens with zero attached hydrogens (tertiary/aromatic N) is 1. The zero-order valence-electron chi connectivity index (χ0n) is 11.1. The van der Waals surface area contributed by atoms with Crippen LogP contribution >= 0.6 is 0 Å². The van der Waals surface area contributed by atoms with Crippen LogP contribution in [-0.4, -0.2) is 10.2 Å². The first-order chi connectivity index (χ1) is 9.16. The predicted molar refractivity (Wildman–Crippen MR) is 80.0 cm³/mol. The number of benzene rings is 2. The van der Waals surface area contributed by atoms with Crippen LogP contribution in [0.2, 0.25) is 0 Å². The molecule has 96 valence electrons. The number of aromatic nitrogens is 2. The minimum Gasteiger partial charge on any atom is -0.382 e. The molecule has 0 amide bonds. The van der Waals surface area contributed by atoms with Gasteiger partial charge in [0.1, 0.15) is 5.82 Å². The molecule has 3 rings (SSSR count). The van der Waals surface area contributed by atoms with Gasteiger partial charge in [0.05, 0.1) is 5.69 Å². The van der Waals surface area contributed by atoms with Gasteiger partial charge in [0.2, 0.25) is 0 Å². The van der Waals surface area contributed by atoms with Crippen LogP contribution in [0.15, 0.2) is 42.5 Å². The third kappa shape index (κ3) is 1.97. The summed E-state index contributed by atoms with van der Waals surface area (Å²) in [5.41, 5.74) is 9.20. The van der Waals surface area contributed by atoms with Crippen LogP contribution in [0.1, 0.15) is 25.3 Å². The Morgan fingerprint density at radius 3 is 2.53 bits per heavy atom. The van der Waals surface area contributed by atoms with Crippen molar-refractivity contribution in [3.8, 4) is 11.3 Å². The molecule has 3 N–H and O–H groups in total. The van der Waals surface area contributed by atoms with Crippen molar-refractivity contribution in [3.05, 3.63) is 48.0 Å². The van der Waals surface area contributed by atoms with E-state index in [0.717, 1.165) is 16.8 Å². The molecule has 1 heterocycles. The van der Waals surface area contributed by atoms with E-state index in [0.29, 0.717) is 11.7 Å². The van der Waals surface area contributed by atoms with E-state index in [1.807, 2.05) is 0 Å². The number of nitrogens with one attached hydrogen (secondary N) is 1. The number of nitrogens with two attached hydrogens (primary N) is 1. The van der Waals surface area contributed by atoms with E-state index in [4.69, 9.17) is 5.73 Å². The van der Waals surface area contributed by atoms with E-state index in [9.17, 15) is 0 Å². The van der Waals surface area contributed by atoms with Crippen molar-refractivity contribution in [1.29, 1.82) is 0 Å². The van der Waals surface area contributed by atoms with E-state index >= 15 is 0 Å². The number of rotatable bonds is 2. The molecule has 2 aromatic carbocycles. The molecule has 0 saturated heterocycles. The number of hydrogen-bond acceptors (Lipinski definition) is 2. The molecule has 19 heavy (non-hydrogen) atoms. The molecule has 0 spiro atoms. The molecule has 0 aliphatic carbocycles. The van der Waals surface area contributed by atoms with E-state index in [2.05, 4.69) is 66.5 Å². The van der Waals surface area contributed by atoms with Gasteiger partial charge in [-0.3, -0.25) is 5.10 Å². The van der Waals surface area contributed by atoms with Gasteiger partial charge >= 0.3 is 0 Å². The lowest BCUT2D eigenvalue weighted by atomic mass is 9.97. The predicted octanol–water partition coefficient (Wildman–Crippen LogP) is 3.94. The Hall–Kier alpha value is -2.29. The van der Waals surface area contributed by atoms with Crippen LogP contribution < -0.4 is 5.73 Å². The highest BCUT2D eigenvalue weighted by molar-refractivity contribution is 5.87. The van der Waals surface area contributed by atoms with Crippen LogP contribution in [0.5, 0.6) is 0 Å². The zero-order valence-corrected chi connectivity index (χ0v) is 11.1. The Morgan fingerprint density at radius 2 is 1.79 bits per heavy atom. The third-order valence-corrected chi connectivity index (χ3v) is 3.45. The minimum absolute atomic E-state index is 0.347. The summed E-state index contributed by atoms with van der Waals surface area (Å²) in [5, 5.41) is 9.67. The lowest BCUT2D eigenvalue weighted by molar-refractivity contribution is 0.873. The first-order valence-corrected chi connectivity index (χ1v) is 6.49. The number of anilines is 1. The molecule has 0 radical (unpaired) electrons. The van der Waals surface area contributed by atoms with Crippen LogP contribution in [0.4, 0.5) is 5.82 Å². The van der Waals surface area contributed by atoms with Gasteiger partial charge in [0, 0.05) is 11.1 Å². The minimum atomic E-state index is 0.347. The van der Waals surface area contributed by atoms with Crippen molar-refractivity contribution in [2.24, 2.45) is 0 Å². The quantitative estimate of drug-likeness (QED) is 0.725. The van der Waals surface area contributed by atoms with Crippen molar-refractivity contribution < 1.29 is 0 Å². The van der Waals surface area contributed by atoms with Crippen molar-refractivity contribution in [2.45, 2.75) is 19.8 Å². The van der Waals surface area contributed by atoms with Gasteiger partial charge in [-0.25, -0.2) is 0 Å². The van der Waals surface area contributed by atoms with Gasteiger partial charge in [-0.2, -0.15) is 5.10 Å². The van der Waals surface area contributed by atoms with Crippen LogP contribution in [0, 0.1) is 0 Å². The van der Waals surface area contributed by atoms with Gasteiger partial charge in [-0.05, 0) is 22.8 Å². The number of H-pyrrole nitrogens is 1. The number of fused-ring (bicyclic) bond motifs is 1. The SMILES string of the molecule is CC(C)c1c(N)n[nH]c1-c1ccc2ccccc2c1. The van der Waals surface area contributed by atoms with Crippen LogP contribution in [-0.2, 0) is 0 Å². The molecule has 0 aliphatic rings. The summed E-state index contributed by atoms with van der Waals surface area (Å²) in [6.07, 6.45) is 0. The second-order valence-electron chi connectivity index (χ2n) is 5.11. The second kappa shape index (κ2) is 4.43. The summed E-state index contributed by atoms with van der Waals surface area (Å²) in [6.45, 7) is 4.26. The maximum Gasteiger partial charge on any atom is 0.149 e. The van der Waals surface area contributed by atoms with Gasteiger partial charge in [0.15, 0.2) is 0 Å². The fourth-order valence-corrected chi connectivity index (χ4v) is 2.51. The Bertz CT molecular complexity index is 726. The fraction of sp³-hybridized carbons (Fsp3) is 0.188. The molecule has 1 aromatic heterocycles. The monoisotopic (exact) mass is 251 g/mol. The summed E-state index contributed by atoms with van der Waals surface area (Å²) >= 11 is 0. The molecule has 3 heteroatoms. The maximum absolute atomic E-state index is 5.95. The molecular weight excluding hydrogens is 234 g/mol. The van der Waals surface area contributed by atoms with Gasteiger partial charge < -0.3 is 5.73 Å². The lowest BCUT2D eigenvalue weighted by Crippen LogP contribution is -1.95. The Kier molecular flexibility index (Phi) is 2.75. The Labute approximate surface area is 112 Å². The Morgan fingerprint density at radius 1 is 1.05 bits per heavy atom. The highest BCUT2D eigenvalue weighted by Crippen LogP contribution is 2.32. The molecule has 0 aliphatic heterocycles. The van der Waals surface area contributed by atoms with Gasteiger partial charge in [-0.1, -0.05) is 50.2 Å². The molecular formula is C16H17N3. The fourth-order valence-electron chi connectivity index (χ4n) is 2.51. The Balaban J connectivity index is 2.19. The topological polar surface area (TPSA) is 54.7 Å². The highest BCUT2D eigenvalue weighted by atomic mass is 15.2. The standard InChI is InChI=1S/C16H17N3/c1-10(2)14-15(18-19-16(14)17)13-8-7-11-5-3-4-6-12(11)9-13/h3-10H,1-2H3,(H3,17,18,19). The molecule has 0 unspecified atom stereocenters. The highest BCUT2D eigenvalue weighted by Gasteiger charge is 2.15. The molecule has 0 saturated carbocycles. The number of hydrogen-bond donors (Lipinski definition) is 2. The van der Waals surface area contributed by atoms with Crippen molar-refractivity contribution in [1.82, 2.24) is 10.2 Å². The van der Waals surface area contributed by atoms with Crippen molar-refractivity contribution >= 4 is 16.6 Å². The van der Waals surface area contributed by atoms with E-state index < -0.39 is 0 Å². The lowest BCUT2D eigenvalue weighted by Gasteiger charge is -2.08. The average Bonchev–Trinajstić information content (AvgIpc) is 2.80. The zero-order chi connectivity index (χ0) is 13.4. The first-order valence-electron chi connectivity index (χ1n) is 6.49. The van der Waals surface area contributed by atoms with E-state index in [1.165, 1.54) is 10.8 Å². The summed E-state index contributed by atoms with van der Waals surface area (Å²) in [6, 6.07) is 14.8. The van der Waals surface area contributed by atoms with Gasteiger partial charge in [0.25, 0.3) is 0 Å². The normalized spacial score (nSPS) is 11.3. The first kappa shape index (κ1) is 11.8. The second-order valence-corrected chi connectivity index (χ2v) is 5.11. The molecule has 3 nitrogen and oxygen atoms in total. The van der Waals surface area contributed by atoms with Crippen molar-refractivity contribution in [2.75, 3.05) is 5.73 Å². The molecule has 0 atom stereocenters. The summed E-state index contributed by atoms with van der Waals surface area (Å²) in [4.78, 5) is 0. The van der Waals surface area contributed by atoms with E-state index in [1.54, 1.807) is 0 Å². The molecule has 0 fully saturated rings. The van der Waals surface area contributed by atoms with E-state index in [-0.39, 0.29) is 0 Å². The molecule has 3 aromatic rings. The van der Waals surface area contributed by atoms with Crippen LogP contribution in [0.3, 0.4) is 0 Å². The maximum atomic E-state index is 5.95. The summed E-state index contributed by atoms with van der Waals surface area (Å²) in [7, 11) is 0. The molecule has 0 bridgehead atoms. The average molecular weight is 251 g/mol. The summed E-state index contributed by atoms with van der Waals surface area (Å²) in [5.74, 6) is 0.943. The van der Waals surface area contributed by atoms with Crippen molar-refractivity contribution in [3.63, 3.8) is 0 Å². The number of aromatic amines is 1. The summed E-state index contributed by atoms with van der Waals surface area (Å²) < 4.78 is 0. The van der Waals surface area contributed by atoms with Crippen LogP contribution in [0.25, 0.3) is 22.0 Å². The largest absolute Gasteiger partial charge is 0.382 e. The third-order valence-electron chi connectivity index (χ3n) is 3.45. The van der Waals surface area contributed by atoms with Gasteiger partial charge in [-0.15, -0.1) is 0 Å². The number of nitrogen functional groups attached to an aromatic ring is 1. The smallest absolute Gasteiger partial charge is 0.149 e.